The molecule has 1 saturated heterocycles. The predicted octanol–water partition coefficient (Wildman–Crippen LogP) is 3.30. The molecule has 1 fully saturated rings. The number of ether oxygens (including phenoxy) is 2. The van der Waals surface area contributed by atoms with Crippen LogP contribution in [0.2, 0.25) is 0 Å². The first-order chi connectivity index (χ1) is 11.6. The summed E-state index contributed by atoms with van der Waals surface area (Å²) in [5.41, 5.74) is -0.0362. The Morgan fingerprint density at radius 1 is 1.21 bits per heavy atom. The highest BCUT2D eigenvalue weighted by Gasteiger charge is 2.31. The lowest BCUT2D eigenvalue weighted by Crippen LogP contribution is -2.42. The summed E-state index contributed by atoms with van der Waals surface area (Å²) in [6.07, 6.45) is 3.23. The standard InChI is InChI=1S/C19H30N2O3/c1-4-19(3,24-5-2)18(22)20-16-8-10-17(11-9-16)23-15-14-21-12-6-7-13-21/h8-11H,4-7,12-15H2,1-3H3,(H,20,22). The number of nitrogens with zero attached hydrogens (tertiary/aromatic N) is 1. The zero-order valence-electron chi connectivity index (χ0n) is 15.1. The molecule has 1 heterocycles. The van der Waals surface area contributed by atoms with Crippen molar-refractivity contribution in [1.29, 1.82) is 0 Å². The van der Waals surface area contributed by atoms with Crippen molar-refractivity contribution in [3.8, 4) is 5.75 Å². The van der Waals surface area contributed by atoms with Crippen molar-refractivity contribution < 1.29 is 14.3 Å². The summed E-state index contributed by atoms with van der Waals surface area (Å²) in [5.74, 6) is 0.713. The Balaban J connectivity index is 1.81. The van der Waals surface area contributed by atoms with Crippen molar-refractivity contribution in [3.05, 3.63) is 24.3 Å². The van der Waals surface area contributed by atoms with Crippen molar-refractivity contribution in [1.82, 2.24) is 4.90 Å². The van der Waals surface area contributed by atoms with E-state index in [1.54, 1.807) is 0 Å². The number of carbonyl (C=O) groups is 1. The molecule has 0 saturated carbocycles. The number of benzene rings is 1. The lowest BCUT2D eigenvalue weighted by molar-refractivity contribution is -0.139. The molecule has 1 aromatic rings. The minimum Gasteiger partial charge on any atom is -0.492 e. The number of likely N-dealkylation sites (tertiary alicyclic amines) is 1. The second kappa shape index (κ2) is 9.04. The van der Waals surface area contributed by atoms with Gasteiger partial charge in [-0.1, -0.05) is 6.92 Å². The third kappa shape index (κ3) is 5.21. The van der Waals surface area contributed by atoms with Gasteiger partial charge in [-0.25, -0.2) is 0 Å². The summed E-state index contributed by atoms with van der Waals surface area (Å²) >= 11 is 0. The maximum absolute atomic E-state index is 12.4. The highest BCUT2D eigenvalue weighted by molar-refractivity contribution is 5.97. The highest BCUT2D eigenvalue weighted by atomic mass is 16.5. The van der Waals surface area contributed by atoms with Crippen LogP contribution in [-0.2, 0) is 9.53 Å². The number of rotatable bonds is 9. The molecule has 1 amide bonds. The van der Waals surface area contributed by atoms with E-state index in [1.807, 2.05) is 45.0 Å². The minimum absolute atomic E-state index is 0.116. The molecule has 0 bridgehead atoms. The average Bonchev–Trinajstić information content (AvgIpc) is 3.10. The van der Waals surface area contributed by atoms with Crippen LogP contribution in [-0.4, -0.2) is 49.3 Å². The molecule has 2 rings (SSSR count). The summed E-state index contributed by atoms with van der Waals surface area (Å²) in [7, 11) is 0. The van der Waals surface area contributed by atoms with Gasteiger partial charge in [-0.05, 0) is 70.5 Å². The van der Waals surface area contributed by atoms with E-state index >= 15 is 0 Å². The van der Waals surface area contributed by atoms with Gasteiger partial charge in [-0.3, -0.25) is 9.69 Å². The fourth-order valence-electron chi connectivity index (χ4n) is 2.84. The van der Waals surface area contributed by atoms with E-state index in [1.165, 1.54) is 25.9 Å². The van der Waals surface area contributed by atoms with Crippen LogP contribution < -0.4 is 10.1 Å². The van der Waals surface area contributed by atoms with Crippen molar-refractivity contribution in [3.63, 3.8) is 0 Å². The highest BCUT2D eigenvalue weighted by Crippen LogP contribution is 2.20. The van der Waals surface area contributed by atoms with Gasteiger partial charge in [0.2, 0.25) is 0 Å². The number of amides is 1. The van der Waals surface area contributed by atoms with Gasteiger partial charge in [-0.15, -0.1) is 0 Å². The van der Waals surface area contributed by atoms with Crippen molar-refractivity contribution >= 4 is 11.6 Å². The molecule has 0 aliphatic carbocycles. The third-order valence-corrected chi connectivity index (χ3v) is 4.61. The molecule has 1 unspecified atom stereocenters. The molecule has 1 N–H and O–H groups in total. The van der Waals surface area contributed by atoms with Gasteiger partial charge in [0.25, 0.3) is 5.91 Å². The Morgan fingerprint density at radius 2 is 1.88 bits per heavy atom. The maximum Gasteiger partial charge on any atom is 0.256 e. The van der Waals surface area contributed by atoms with Crippen LogP contribution in [0.1, 0.15) is 40.0 Å². The quantitative estimate of drug-likeness (QED) is 0.753. The second-order valence-corrected chi connectivity index (χ2v) is 6.39. The fraction of sp³-hybridized carbons (Fsp3) is 0.632. The molecule has 1 aliphatic rings. The number of hydrogen-bond donors (Lipinski definition) is 1. The SMILES string of the molecule is CCOC(C)(CC)C(=O)Nc1ccc(OCCN2CCCC2)cc1. The number of anilines is 1. The molecule has 5 heteroatoms. The summed E-state index contributed by atoms with van der Waals surface area (Å²) in [6, 6.07) is 7.52. The van der Waals surface area contributed by atoms with Crippen LogP contribution in [0.4, 0.5) is 5.69 Å². The van der Waals surface area contributed by atoms with E-state index in [0.29, 0.717) is 19.6 Å². The Labute approximate surface area is 145 Å². The Bertz CT molecular complexity index is 512. The zero-order valence-corrected chi connectivity index (χ0v) is 15.1. The normalized spacial score (nSPS) is 17.5. The molecule has 0 aromatic heterocycles. The molecule has 5 nitrogen and oxygen atoms in total. The number of nitrogens with one attached hydrogen (secondary N) is 1. The van der Waals surface area contributed by atoms with E-state index < -0.39 is 5.60 Å². The summed E-state index contributed by atoms with van der Waals surface area (Å²) in [4.78, 5) is 14.8. The molecule has 0 spiro atoms. The van der Waals surface area contributed by atoms with E-state index in [0.717, 1.165) is 18.0 Å². The van der Waals surface area contributed by atoms with E-state index in [-0.39, 0.29) is 5.91 Å². The largest absolute Gasteiger partial charge is 0.492 e. The minimum atomic E-state index is -0.792. The molecule has 1 aliphatic heterocycles. The first kappa shape index (κ1) is 18.7. The smallest absolute Gasteiger partial charge is 0.256 e. The Morgan fingerprint density at radius 3 is 2.46 bits per heavy atom. The van der Waals surface area contributed by atoms with Crippen LogP contribution in [0, 0.1) is 0 Å². The van der Waals surface area contributed by atoms with Crippen molar-refractivity contribution in [2.45, 2.75) is 45.6 Å². The van der Waals surface area contributed by atoms with Gasteiger partial charge in [0, 0.05) is 18.8 Å². The predicted molar refractivity (Wildman–Crippen MR) is 96.6 cm³/mol. The molecular weight excluding hydrogens is 304 g/mol. The first-order valence-corrected chi connectivity index (χ1v) is 8.98. The monoisotopic (exact) mass is 334 g/mol. The zero-order chi connectivity index (χ0) is 17.4. The van der Waals surface area contributed by atoms with Gasteiger partial charge in [0.1, 0.15) is 18.0 Å². The van der Waals surface area contributed by atoms with Gasteiger partial charge in [0.15, 0.2) is 0 Å². The van der Waals surface area contributed by atoms with Crippen LogP contribution in [0.3, 0.4) is 0 Å². The van der Waals surface area contributed by atoms with Gasteiger partial charge in [-0.2, -0.15) is 0 Å². The van der Waals surface area contributed by atoms with Crippen LogP contribution in [0.5, 0.6) is 5.75 Å². The second-order valence-electron chi connectivity index (χ2n) is 6.39. The average molecular weight is 334 g/mol. The van der Waals surface area contributed by atoms with E-state index in [2.05, 4.69) is 10.2 Å². The molecule has 1 atom stereocenters. The summed E-state index contributed by atoms with van der Waals surface area (Å²) in [5, 5.41) is 2.92. The number of hydrogen-bond acceptors (Lipinski definition) is 4. The topological polar surface area (TPSA) is 50.8 Å². The van der Waals surface area contributed by atoms with E-state index in [4.69, 9.17) is 9.47 Å². The Hall–Kier alpha value is -1.59. The van der Waals surface area contributed by atoms with Gasteiger partial charge < -0.3 is 14.8 Å². The lowest BCUT2D eigenvalue weighted by Gasteiger charge is -2.26. The Kier molecular flexibility index (Phi) is 7.06. The molecule has 1 aromatic carbocycles. The summed E-state index contributed by atoms with van der Waals surface area (Å²) in [6.45, 7) is 10.2. The molecule has 134 valence electrons. The third-order valence-electron chi connectivity index (χ3n) is 4.61. The molecule has 0 radical (unpaired) electrons. The van der Waals surface area contributed by atoms with Crippen LogP contribution >= 0.6 is 0 Å². The van der Waals surface area contributed by atoms with Gasteiger partial charge >= 0.3 is 0 Å². The van der Waals surface area contributed by atoms with Crippen LogP contribution in [0.25, 0.3) is 0 Å². The summed E-state index contributed by atoms with van der Waals surface area (Å²) < 4.78 is 11.4. The van der Waals surface area contributed by atoms with Gasteiger partial charge in [0.05, 0.1) is 0 Å². The van der Waals surface area contributed by atoms with Crippen molar-refractivity contribution in [2.24, 2.45) is 0 Å². The number of carbonyl (C=O) groups excluding carboxylic acids is 1. The fourth-order valence-corrected chi connectivity index (χ4v) is 2.84. The van der Waals surface area contributed by atoms with Crippen molar-refractivity contribution in [2.75, 3.05) is 38.2 Å². The lowest BCUT2D eigenvalue weighted by atomic mass is 10.0. The van der Waals surface area contributed by atoms with E-state index in [9.17, 15) is 4.79 Å². The molecular formula is C19H30N2O3. The first-order valence-electron chi connectivity index (χ1n) is 8.98. The maximum atomic E-state index is 12.4. The van der Waals surface area contributed by atoms with Crippen LogP contribution in [0.15, 0.2) is 24.3 Å². The molecule has 24 heavy (non-hydrogen) atoms.